The van der Waals surface area contributed by atoms with Crippen molar-refractivity contribution in [3.05, 3.63) is 76.2 Å². The molecule has 14 heteroatoms. The molecule has 1 aliphatic rings. The number of nitrogens with one attached hydrogen (secondary N) is 4. The fourth-order valence-corrected chi connectivity index (χ4v) is 4.33. The Kier molecular flexibility index (Phi) is 8.97. The molecule has 0 spiro atoms. The van der Waals surface area contributed by atoms with Gasteiger partial charge in [-0.25, -0.2) is 23.4 Å². The number of hydrogen-bond acceptors (Lipinski definition) is 6. The number of rotatable bonds is 5. The maximum absolute atomic E-state index is 14.5. The summed E-state index contributed by atoms with van der Waals surface area (Å²) in [4.78, 5) is 55.5. The lowest BCUT2D eigenvalue weighted by Gasteiger charge is -2.16. The Morgan fingerprint density at radius 1 is 1.17 bits per heavy atom. The zero-order valence-corrected chi connectivity index (χ0v) is 22.3. The molecular weight excluding hydrogens is 564 g/mol. The third kappa shape index (κ3) is 7.25. The van der Waals surface area contributed by atoms with E-state index in [-0.39, 0.29) is 46.8 Å². The van der Waals surface area contributed by atoms with E-state index in [1.54, 1.807) is 12.2 Å². The highest BCUT2D eigenvalue weighted by Crippen LogP contribution is 2.35. The number of hydrogen-bond donors (Lipinski definition) is 5. The molecule has 4 rings (SSSR count). The number of anilines is 2. The van der Waals surface area contributed by atoms with E-state index in [1.165, 1.54) is 25.1 Å². The van der Waals surface area contributed by atoms with Gasteiger partial charge in [-0.05, 0) is 55.7 Å². The number of carbonyl (C=O) groups excluding carboxylic acids is 3. The van der Waals surface area contributed by atoms with Gasteiger partial charge < -0.3 is 25.5 Å². The summed E-state index contributed by atoms with van der Waals surface area (Å²) in [6, 6.07) is 5.62. The minimum absolute atomic E-state index is 0.0464. The van der Waals surface area contributed by atoms with Gasteiger partial charge in [-0.1, -0.05) is 23.8 Å². The van der Waals surface area contributed by atoms with Crippen molar-refractivity contribution < 1.29 is 37.8 Å². The number of aromatic nitrogens is 2. The number of imidazole rings is 1. The number of halogens is 3. The number of H-pyrrole nitrogens is 1. The number of aliphatic carboxylic acids is 1. The van der Waals surface area contributed by atoms with Gasteiger partial charge in [-0.15, -0.1) is 0 Å². The van der Waals surface area contributed by atoms with Crippen LogP contribution >= 0.6 is 11.6 Å². The molecule has 0 fully saturated rings. The van der Waals surface area contributed by atoms with Gasteiger partial charge in [-0.2, -0.15) is 0 Å². The van der Waals surface area contributed by atoms with Gasteiger partial charge in [0.25, 0.3) is 5.91 Å². The molecule has 3 amide bonds. The molecule has 0 saturated carbocycles. The Balaban J connectivity index is 1.68. The number of carbonyl (C=O) groups is 4. The number of amides is 3. The molecule has 1 unspecified atom stereocenters. The van der Waals surface area contributed by atoms with Crippen molar-refractivity contribution in [1.82, 2.24) is 15.3 Å². The minimum Gasteiger partial charge on any atom is -0.479 e. The summed E-state index contributed by atoms with van der Waals surface area (Å²) in [5.74, 6) is -4.50. The highest BCUT2D eigenvalue weighted by atomic mass is 35.5. The third-order valence-corrected chi connectivity index (χ3v) is 6.20. The number of carboxylic acid groups (broad SMARTS) is 1. The van der Waals surface area contributed by atoms with Gasteiger partial charge in [0.1, 0.15) is 33.9 Å². The smallest absolute Gasteiger partial charge is 0.412 e. The second-order valence-corrected chi connectivity index (χ2v) is 9.44. The fraction of sp³-hybridized carbons (Fsp3) is 0.222. The van der Waals surface area contributed by atoms with Crippen molar-refractivity contribution in [2.75, 3.05) is 17.2 Å². The number of aryl methyl sites for hydroxylation is 1. The molecular formula is C27H24ClF2N5O6. The zero-order chi connectivity index (χ0) is 29.7. The molecule has 0 saturated heterocycles. The van der Waals surface area contributed by atoms with E-state index in [0.29, 0.717) is 17.5 Å². The molecule has 41 heavy (non-hydrogen) atoms. The number of nitrogens with zero attached hydrogens (tertiary/aromatic N) is 1. The second kappa shape index (κ2) is 12.6. The molecule has 11 nitrogen and oxygen atoms in total. The van der Waals surface area contributed by atoms with Gasteiger partial charge >= 0.3 is 12.1 Å². The van der Waals surface area contributed by atoms with Crippen molar-refractivity contribution in [2.24, 2.45) is 0 Å². The lowest BCUT2D eigenvalue weighted by atomic mass is 10.1. The van der Waals surface area contributed by atoms with Crippen LogP contribution in [0, 0.1) is 18.6 Å². The number of fused-ring (bicyclic) bond motifs is 4. The van der Waals surface area contributed by atoms with Crippen molar-refractivity contribution in [2.45, 2.75) is 32.2 Å². The Morgan fingerprint density at radius 3 is 2.61 bits per heavy atom. The lowest BCUT2D eigenvalue weighted by Crippen LogP contribution is -2.30. The first-order chi connectivity index (χ1) is 19.5. The van der Waals surface area contributed by atoms with E-state index >= 15 is 0 Å². The van der Waals surface area contributed by atoms with Gasteiger partial charge in [0.2, 0.25) is 5.91 Å². The topological polar surface area (TPSA) is 163 Å². The minimum atomic E-state index is -1.33. The zero-order valence-electron chi connectivity index (χ0n) is 21.5. The van der Waals surface area contributed by atoms with Crippen LogP contribution in [0.25, 0.3) is 11.3 Å². The number of carboxylic acids is 1. The van der Waals surface area contributed by atoms with Gasteiger partial charge in [-0.3, -0.25) is 14.9 Å². The first kappa shape index (κ1) is 29.2. The molecule has 5 N–H and O–H groups in total. The van der Waals surface area contributed by atoms with Crippen LogP contribution < -0.4 is 16.0 Å². The molecule has 1 atom stereocenters. The summed E-state index contributed by atoms with van der Waals surface area (Å²) < 4.78 is 33.5. The van der Waals surface area contributed by atoms with E-state index in [9.17, 15) is 28.0 Å². The Labute approximate surface area is 236 Å². The van der Waals surface area contributed by atoms with Crippen LogP contribution in [0.15, 0.2) is 42.5 Å². The normalized spacial score (nSPS) is 14.9. The molecule has 0 aliphatic carbocycles. The van der Waals surface area contributed by atoms with E-state index in [0.717, 1.165) is 12.1 Å². The van der Waals surface area contributed by atoms with Crippen LogP contribution in [0.1, 0.15) is 47.1 Å². The quantitative estimate of drug-likeness (QED) is 0.259. The number of aromatic amines is 1. The van der Waals surface area contributed by atoms with E-state index in [1.807, 2.05) is 0 Å². The monoisotopic (exact) mass is 587 g/mol. The number of benzene rings is 2. The highest BCUT2D eigenvalue weighted by Gasteiger charge is 2.26. The second-order valence-electron chi connectivity index (χ2n) is 9.06. The van der Waals surface area contributed by atoms with Crippen LogP contribution in [0.4, 0.5) is 25.0 Å². The first-order valence-electron chi connectivity index (χ1n) is 12.3. The van der Waals surface area contributed by atoms with E-state index in [2.05, 4.69) is 30.7 Å². The molecule has 0 radical (unpaired) electrons. The van der Waals surface area contributed by atoms with Crippen molar-refractivity contribution >= 4 is 46.9 Å². The summed E-state index contributed by atoms with van der Waals surface area (Å²) in [5, 5.41) is 16.4. The number of ether oxygens (including phenoxy) is 1. The van der Waals surface area contributed by atoms with E-state index < -0.39 is 47.8 Å². The summed E-state index contributed by atoms with van der Waals surface area (Å²) in [6.07, 6.45) is 2.99. The highest BCUT2D eigenvalue weighted by molar-refractivity contribution is 6.32. The maximum Gasteiger partial charge on any atom is 0.412 e. The number of allylic oxidation sites excluding steroid dienone is 1. The molecule has 2 heterocycles. The van der Waals surface area contributed by atoms with Crippen LogP contribution in [-0.4, -0.2) is 45.6 Å². The van der Waals surface area contributed by atoms with Gasteiger partial charge in [0, 0.05) is 17.7 Å². The Morgan fingerprint density at radius 2 is 1.90 bits per heavy atom. The van der Waals surface area contributed by atoms with Crippen LogP contribution in [0.3, 0.4) is 0 Å². The molecule has 2 bridgehead atoms. The summed E-state index contributed by atoms with van der Waals surface area (Å²) in [6.45, 7) is 0.662. The Hall–Kier alpha value is -4.78. The Bertz CT molecular complexity index is 1530. The summed E-state index contributed by atoms with van der Waals surface area (Å²) >= 11 is 6.47. The lowest BCUT2D eigenvalue weighted by molar-refractivity contribution is -0.140. The molecule has 3 aromatic rings. The van der Waals surface area contributed by atoms with Crippen LogP contribution in [0.5, 0.6) is 0 Å². The molecule has 2 aromatic carbocycles. The first-order valence-corrected chi connectivity index (χ1v) is 12.7. The molecule has 1 aliphatic heterocycles. The predicted molar refractivity (Wildman–Crippen MR) is 145 cm³/mol. The predicted octanol–water partition coefficient (Wildman–Crippen LogP) is 5.10. The average Bonchev–Trinajstić information content (AvgIpc) is 3.27. The SMILES string of the molecule is Cc1cc(F)c(C(=O)NC2CC=CCCC(=O)Nc3cc(NC(=O)OCC(=O)O)ccc3-c3nc2[nH]c3Cl)c(F)c1. The van der Waals surface area contributed by atoms with Crippen LogP contribution in [0.2, 0.25) is 5.15 Å². The van der Waals surface area contributed by atoms with Gasteiger partial charge in [0.15, 0.2) is 6.61 Å². The molecule has 1 aromatic heterocycles. The van der Waals surface area contributed by atoms with Gasteiger partial charge in [0.05, 0.1) is 11.7 Å². The van der Waals surface area contributed by atoms with Crippen molar-refractivity contribution in [3.8, 4) is 11.3 Å². The summed E-state index contributed by atoms with van der Waals surface area (Å²) in [5.41, 5.74) is 0.528. The summed E-state index contributed by atoms with van der Waals surface area (Å²) in [7, 11) is 0. The largest absolute Gasteiger partial charge is 0.479 e. The third-order valence-electron chi connectivity index (χ3n) is 5.93. The maximum atomic E-state index is 14.5. The standard InChI is InChI=1S/C27H24ClF2N5O6/c1-13-9-16(29)22(17(30)10-13)26(39)33-18-5-3-2-4-6-20(36)32-19-11-14(31-27(40)41-12-21(37)38)7-8-15(19)23-24(28)35-25(18)34-23/h2-3,7-11,18H,4-6,12H2,1H3,(H,31,40)(H,32,36)(H,33,39)(H,34,35)(H,37,38). The molecule has 214 valence electrons. The van der Waals surface area contributed by atoms with Crippen molar-refractivity contribution in [3.63, 3.8) is 0 Å². The van der Waals surface area contributed by atoms with Crippen LogP contribution in [-0.2, 0) is 14.3 Å². The average molecular weight is 588 g/mol. The van der Waals surface area contributed by atoms with Crippen molar-refractivity contribution in [1.29, 1.82) is 0 Å². The fourth-order valence-electron chi connectivity index (χ4n) is 4.09. The van der Waals surface area contributed by atoms with E-state index in [4.69, 9.17) is 16.7 Å².